The Morgan fingerprint density at radius 3 is 3.15 bits per heavy atom. The summed E-state index contributed by atoms with van der Waals surface area (Å²) < 4.78 is 0. The summed E-state index contributed by atoms with van der Waals surface area (Å²) in [6, 6.07) is 5.75. The number of H-pyrrole nitrogens is 1. The molecule has 1 aromatic heterocycles. The van der Waals surface area contributed by atoms with Gasteiger partial charge in [-0.2, -0.15) is 0 Å². The summed E-state index contributed by atoms with van der Waals surface area (Å²) >= 11 is 0. The second-order valence-electron chi connectivity index (χ2n) is 5.80. The maximum Gasteiger partial charge on any atom is 0.108 e. The first-order valence-corrected chi connectivity index (χ1v) is 7.26. The number of nitrogens with one attached hydrogen (secondary N) is 1. The number of anilines is 1. The van der Waals surface area contributed by atoms with Gasteiger partial charge >= 0.3 is 0 Å². The summed E-state index contributed by atoms with van der Waals surface area (Å²) in [6.07, 6.45) is 1.80. The zero-order valence-electron chi connectivity index (χ0n) is 11.8. The van der Waals surface area contributed by atoms with Gasteiger partial charge in [-0.25, -0.2) is 4.98 Å². The highest BCUT2D eigenvalue weighted by atomic mass is 16.3. The van der Waals surface area contributed by atoms with E-state index >= 15 is 0 Å². The summed E-state index contributed by atoms with van der Waals surface area (Å²) in [7, 11) is 0. The molecule has 0 radical (unpaired) electrons. The van der Waals surface area contributed by atoms with Gasteiger partial charge in [0, 0.05) is 25.2 Å². The molecule has 0 saturated carbocycles. The van der Waals surface area contributed by atoms with Crippen LogP contribution in [0.2, 0.25) is 0 Å². The lowest BCUT2D eigenvalue weighted by atomic mass is 10.0. The van der Waals surface area contributed by atoms with Gasteiger partial charge in [0.1, 0.15) is 5.82 Å². The third kappa shape index (κ3) is 2.78. The van der Waals surface area contributed by atoms with E-state index in [1.165, 1.54) is 0 Å². The largest absolute Gasteiger partial charge is 0.399 e. The molecule has 20 heavy (non-hydrogen) atoms. The van der Waals surface area contributed by atoms with Crippen molar-refractivity contribution in [2.24, 2.45) is 5.92 Å². The maximum atomic E-state index is 9.62. The predicted octanol–water partition coefficient (Wildman–Crippen LogP) is 1.39. The molecule has 1 saturated heterocycles. The van der Waals surface area contributed by atoms with E-state index in [-0.39, 0.29) is 6.10 Å². The second kappa shape index (κ2) is 5.42. The molecule has 2 atom stereocenters. The molecular weight excluding hydrogens is 252 g/mol. The fourth-order valence-electron chi connectivity index (χ4n) is 2.92. The SMILES string of the molecule is CC(O)C1CCN(CCc2nc3ccc(N)cc3[nH]2)C1. The van der Waals surface area contributed by atoms with Crippen LogP contribution in [0.1, 0.15) is 19.2 Å². The zero-order chi connectivity index (χ0) is 14.1. The Bertz CT molecular complexity index is 593. The number of benzene rings is 1. The van der Waals surface area contributed by atoms with E-state index in [0.717, 1.165) is 55.0 Å². The fraction of sp³-hybridized carbons (Fsp3) is 0.533. The van der Waals surface area contributed by atoms with Gasteiger partial charge in [-0.1, -0.05) is 0 Å². The van der Waals surface area contributed by atoms with Crippen molar-refractivity contribution in [3.63, 3.8) is 0 Å². The Kier molecular flexibility index (Phi) is 3.63. The maximum absolute atomic E-state index is 9.62. The van der Waals surface area contributed by atoms with E-state index in [0.29, 0.717) is 5.92 Å². The van der Waals surface area contributed by atoms with Gasteiger partial charge in [0.25, 0.3) is 0 Å². The number of nitrogens with zero attached hydrogens (tertiary/aromatic N) is 2. The van der Waals surface area contributed by atoms with Gasteiger partial charge in [0.15, 0.2) is 0 Å². The number of nitrogen functional groups attached to an aromatic ring is 1. The van der Waals surface area contributed by atoms with E-state index in [1.807, 2.05) is 25.1 Å². The number of hydrogen-bond acceptors (Lipinski definition) is 4. The first-order valence-electron chi connectivity index (χ1n) is 7.26. The van der Waals surface area contributed by atoms with E-state index in [1.54, 1.807) is 0 Å². The molecule has 2 aromatic rings. The molecule has 0 bridgehead atoms. The average molecular weight is 274 g/mol. The van der Waals surface area contributed by atoms with Crippen molar-refractivity contribution < 1.29 is 5.11 Å². The van der Waals surface area contributed by atoms with Crippen molar-refractivity contribution in [2.75, 3.05) is 25.4 Å². The Morgan fingerprint density at radius 1 is 1.55 bits per heavy atom. The molecule has 2 unspecified atom stereocenters. The lowest BCUT2D eigenvalue weighted by molar-refractivity contribution is 0.128. The number of nitrogens with two attached hydrogens (primary N) is 1. The average Bonchev–Trinajstić information content (AvgIpc) is 3.01. The van der Waals surface area contributed by atoms with E-state index in [9.17, 15) is 5.11 Å². The fourth-order valence-corrected chi connectivity index (χ4v) is 2.92. The molecule has 5 heteroatoms. The summed E-state index contributed by atoms with van der Waals surface area (Å²) in [6.45, 7) is 4.93. The summed E-state index contributed by atoms with van der Waals surface area (Å²) in [5.74, 6) is 1.43. The normalized spacial score (nSPS) is 21.6. The molecule has 1 aromatic carbocycles. The number of imidazole rings is 1. The Hall–Kier alpha value is -1.59. The molecule has 5 nitrogen and oxygen atoms in total. The first-order chi connectivity index (χ1) is 9.61. The number of aromatic nitrogens is 2. The molecule has 1 aliphatic heterocycles. The number of hydrogen-bond donors (Lipinski definition) is 3. The van der Waals surface area contributed by atoms with E-state index in [2.05, 4.69) is 14.9 Å². The van der Waals surface area contributed by atoms with Crippen LogP contribution in [0, 0.1) is 5.92 Å². The van der Waals surface area contributed by atoms with Crippen molar-refractivity contribution in [1.29, 1.82) is 0 Å². The van der Waals surface area contributed by atoms with Gasteiger partial charge in [-0.05, 0) is 44.0 Å². The highest BCUT2D eigenvalue weighted by Gasteiger charge is 2.25. The highest BCUT2D eigenvalue weighted by molar-refractivity contribution is 5.78. The number of fused-ring (bicyclic) bond motifs is 1. The molecular formula is C15H22N4O. The quantitative estimate of drug-likeness (QED) is 0.736. The molecule has 0 aliphatic carbocycles. The van der Waals surface area contributed by atoms with Crippen LogP contribution in [-0.4, -0.2) is 45.7 Å². The van der Waals surface area contributed by atoms with Gasteiger partial charge in [-0.3, -0.25) is 0 Å². The number of likely N-dealkylation sites (tertiary alicyclic amines) is 1. The smallest absolute Gasteiger partial charge is 0.108 e. The number of aromatic amines is 1. The van der Waals surface area contributed by atoms with Crippen molar-refractivity contribution in [3.05, 3.63) is 24.0 Å². The van der Waals surface area contributed by atoms with E-state index < -0.39 is 0 Å². The number of aliphatic hydroxyl groups excluding tert-OH is 1. The lowest BCUT2D eigenvalue weighted by Crippen LogP contribution is -2.26. The van der Waals surface area contributed by atoms with Crippen LogP contribution in [0.15, 0.2) is 18.2 Å². The molecule has 1 fully saturated rings. The third-order valence-corrected chi connectivity index (χ3v) is 4.21. The van der Waals surface area contributed by atoms with Crippen LogP contribution in [0.3, 0.4) is 0 Å². The number of rotatable bonds is 4. The summed E-state index contributed by atoms with van der Waals surface area (Å²) in [5.41, 5.74) is 8.50. The predicted molar refractivity (Wildman–Crippen MR) is 80.4 cm³/mol. The van der Waals surface area contributed by atoms with Crippen LogP contribution in [0.25, 0.3) is 11.0 Å². The van der Waals surface area contributed by atoms with Gasteiger partial charge in [0.2, 0.25) is 0 Å². The minimum Gasteiger partial charge on any atom is -0.399 e. The van der Waals surface area contributed by atoms with Crippen molar-refractivity contribution in [2.45, 2.75) is 25.9 Å². The van der Waals surface area contributed by atoms with Crippen LogP contribution in [-0.2, 0) is 6.42 Å². The summed E-state index contributed by atoms with van der Waals surface area (Å²) in [5, 5.41) is 9.62. The van der Waals surface area contributed by atoms with Gasteiger partial charge in [-0.15, -0.1) is 0 Å². The molecule has 0 spiro atoms. The summed E-state index contributed by atoms with van der Waals surface area (Å²) in [4.78, 5) is 10.3. The van der Waals surface area contributed by atoms with Crippen molar-refractivity contribution >= 4 is 16.7 Å². The van der Waals surface area contributed by atoms with Crippen LogP contribution in [0.4, 0.5) is 5.69 Å². The molecule has 0 amide bonds. The van der Waals surface area contributed by atoms with Crippen molar-refractivity contribution in [3.8, 4) is 0 Å². The topological polar surface area (TPSA) is 78.2 Å². The molecule has 3 rings (SSSR count). The minimum absolute atomic E-state index is 0.200. The minimum atomic E-state index is -0.200. The van der Waals surface area contributed by atoms with Gasteiger partial charge in [0.05, 0.1) is 17.1 Å². The Labute approximate surface area is 118 Å². The standard InChI is InChI=1S/C15H22N4O/c1-10(20)11-4-6-19(9-11)7-5-15-17-13-3-2-12(16)8-14(13)18-15/h2-3,8,10-11,20H,4-7,9,16H2,1H3,(H,17,18). The Balaban J connectivity index is 1.60. The molecule has 2 heterocycles. The number of aliphatic hydroxyl groups is 1. The lowest BCUT2D eigenvalue weighted by Gasteiger charge is -2.16. The van der Waals surface area contributed by atoms with Gasteiger partial charge < -0.3 is 20.7 Å². The van der Waals surface area contributed by atoms with Crippen LogP contribution in [0.5, 0.6) is 0 Å². The molecule has 1 aliphatic rings. The third-order valence-electron chi connectivity index (χ3n) is 4.21. The molecule has 4 N–H and O–H groups in total. The highest BCUT2D eigenvalue weighted by Crippen LogP contribution is 2.20. The van der Waals surface area contributed by atoms with Crippen LogP contribution >= 0.6 is 0 Å². The van der Waals surface area contributed by atoms with Crippen molar-refractivity contribution in [1.82, 2.24) is 14.9 Å². The Morgan fingerprint density at radius 2 is 2.40 bits per heavy atom. The second-order valence-corrected chi connectivity index (χ2v) is 5.80. The van der Waals surface area contributed by atoms with E-state index in [4.69, 9.17) is 5.73 Å². The first kappa shape index (κ1) is 13.4. The monoisotopic (exact) mass is 274 g/mol. The zero-order valence-corrected chi connectivity index (χ0v) is 11.8. The molecule has 108 valence electrons. The van der Waals surface area contributed by atoms with Crippen LogP contribution < -0.4 is 5.73 Å².